The van der Waals surface area contributed by atoms with Gasteiger partial charge in [-0.2, -0.15) is 23.4 Å². The Labute approximate surface area is 215 Å². The van der Waals surface area contributed by atoms with Crippen LogP contribution in [0.15, 0.2) is 77.0 Å². The van der Waals surface area contributed by atoms with Crippen molar-refractivity contribution in [3.05, 3.63) is 105 Å². The predicted molar refractivity (Wildman–Crippen MR) is 134 cm³/mol. The minimum Gasteiger partial charge on any atom is -0.313 e. The molecule has 0 radical (unpaired) electrons. The van der Waals surface area contributed by atoms with E-state index in [0.717, 1.165) is 40.7 Å². The second-order valence-electron chi connectivity index (χ2n) is 9.39. The van der Waals surface area contributed by atoms with Gasteiger partial charge < -0.3 is 4.98 Å². The maximum Gasteiger partial charge on any atom is 0.417 e. The zero-order chi connectivity index (χ0) is 26.9. The van der Waals surface area contributed by atoms with Gasteiger partial charge in [0.05, 0.1) is 28.5 Å². The second kappa shape index (κ2) is 8.21. The highest BCUT2D eigenvalue weighted by Gasteiger charge is 2.41. The number of pyridine rings is 1. The molecule has 5 aromatic heterocycles. The molecule has 0 spiro atoms. The van der Waals surface area contributed by atoms with Crippen LogP contribution in [0.5, 0.6) is 0 Å². The van der Waals surface area contributed by atoms with Gasteiger partial charge in [-0.25, -0.2) is 24.0 Å². The van der Waals surface area contributed by atoms with Gasteiger partial charge in [0.1, 0.15) is 0 Å². The number of rotatable bonds is 4. The van der Waals surface area contributed by atoms with Crippen molar-refractivity contribution in [2.45, 2.75) is 24.4 Å². The lowest BCUT2D eigenvalue weighted by atomic mass is 10.0. The van der Waals surface area contributed by atoms with Crippen LogP contribution in [0.4, 0.5) is 13.2 Å². The standard InChI is InChI=1S/C26H17F3N8O2/c27-26(28,29)15-3-4-22(31-11-15)37-21-7-13(1-2-14(21)10-33-37)16-8-17(16)18-9-20(35-36-6-5-30-23(18)36)19-12-32-25(39)34-24(19)38/h1-7,9-12,16-17H,8H2,(H2,32,34,38,39)/t16-,17+/m1/s1. The summed E-state index contributed by atoms with van der Waals surface area (Å²) in [6, 6.07) is 10.0. The quantitative estimate of drug-likeness (QED) is 0.357. The van der Waals surface area contributed by atoms with E-state index in [1.54, 1.807) is 23.1 Å². The zero-order valence-corrected chi connectivity index (χ0v) is 19.8. The number of nitrogens with one attached hydrogen (secondary N) is 2. The number of hydrogen-bond acceptors (Lipinski definition) is 6. The number of halogens is 3. The summed E-state index contributed by atoms with van der Waals surface area (Å²) >= 11 is 0. The van der Waals surface area contributed by atoms with Crippen molar-refractivity contribution < 1.29 is 13.2 Å². The number of fused-ring (bicyclic) bond motifs is 2. The Morgan fingerprint density at radius 3 is 2.64 bits per heavy atom. The molecule has 5 heterocycles. The van der Waals surface area contributed by atoms with Gasteiger partial charge in [0.2, 0.25) is 0 Å². The van der Waals surface area contributed by atoms with Crippen LogP contribution < -0.4 is 11.2 Å². The highest BCUT2D eigenvalue weighted by molar-refractivity contribution is 5.81. The molecule has 1 aliphatic rings. The number of imidazole rings is 1. The first-order valence-corrected chi connectivity index (χ1v) is 11.9. The van der Waals surface area contributed by atoms with Crippen LogP contribution in [0, 0.1) is 0 Å². The molecule has 0 bridgehead atoms. The minimum atomic E-state index is -4.47. The Morgan fingerprint density at radius 1 is 1.00 bits per heavy atom. The fraction of sp³-hybridized carbons (Fsp3) is 0.154. The smallest absolute Gasteiger partial charge is 0.313 e. The first kappa shape index (κ1) is 23.1. The lowest BCUT2D eigenvalue weighted by molar-refractivity contribution is -0.137. The average Bonchev–Trinajstić information content (AvgIpc) is 3.35. The van der Waals surface area contributed by atoms with Crippen LogP contribution in [0.2, 0.25) is 0 Å². The van der Waals surface area contributed by atoms with Crippen LogP contribution in [-0.4, -0.2) is 39.3 Å². The molecule has 1 aliphatic carbocycles. The summed E-state index contributed by atoms with van der Waals surface area (Å²) in [5.41, 5.74) is 2.02. The number of nitrogens with zero attached hydrogens (tertiary/aromatic N) is 6. The third-order valence-electron chi connectivity index (χ3n) is 6.99. The molecule has 7 rings (SSSR count). The Kier molecular flexibility index (Phi) is 4.86. The maximum atomic E-state index is 13.0. The van der Waals surface area contributed by atoms with Crippen LogP contribution in [0.25, 0.3) is 33.6 Å². The maximum absolute atomic E-state index is 13.0. The van der Waals surface area contributed by atoms with Crippen LogP contribution in [0.1, 0.15) is 34.9 Å². The molecule has 0 amide bonds. The number of aromatic amines is 2. The van der Waals surface area contributed by atoms with Gasteiger partial charge in [0.15, 0.2) is 11.5 Å². The molecule has 2 N–H and O–H groups in total. The van der Waals surface area contributed by atoms with Gasteiger partial charge in [0.25, 0.3) is 5.56 Å². The Morgan fingerprint density at radius 2 is 1.87 bits per heavy atom. The van der Waals surface area contributed by atoms with Gasteiger partial charge in [-0.1, -0.05) is 12.1 Å². The first-order valence-electron chi connectivity index (χ1n) is 11.9. The minimum absolute atomic E-state index is 0.0940. The molecule has 39 heavy (non-hydrogen) atoms. The molecule has 2 atom stereocenters. The van der Waals surface area contributed by atoms with E-state index in [-0.39, 0.29) is 23.2 Å². The van der Waals surface area contributed by atoms with Crippen molar-refractivity contribution in [2.75, 3.05) is 0 Å². The molecule has 0 saturated heterocycles. The summed E-state index contributed by atoms with van der Waals surface area (Å²) in [5, 5.41) is 9.66. The van der Waals surface area contributed by atoms with E-state index in [4.69, 9.17) is 0 Å². The highest BCUT2D eigenvalue weighted by atomic mass is 19.4. The molecule has 0 aliphatic heterocycles. The van der Waals surface area contributed by atoms with Crippen molar-refractivity contribution in [2.24, 2.45) is 0 Å². The van der Waals surface area contributed by atoms with E-state index in [9.17, 15) is 22.8 Å². The summed E-state index contributed by atoms with van der Waals surface area (Å²) in [6.45, 7) is 0. The molecule has 13 heteroatoms. The molecular weight excluding hydrogens is 513 g/mol. The van der Waals surface area contributed by atoms with Crippen LogP contribution in [-0.2, 0) is 6.18 Å². The average molecular weight is 530 g/mol. The number of aromatic nitrogens is 8. The molecule has 0 unspecified atom stereocenters. The molecule has 1 fully saturated rings. The SMILES string of the molecule is O=c1[nH]cc(-c2cc([C@H]3C[C@@H]3c3ccc4cnn(-c5ccc(C(F)(F)F)cn5)c4c3)c3nccn3n2)c(=O)[nH]1. The topological polar surface area (TPSA) is 127 Å². The highest BCUT2D eigenvalue weighted by Crippen LogP contribution is 2.56. The van der Waals surface area contributed by atoms with E-state index in [1.165, 1.54) is 16.9 Å². The van der Waals surface area contributed by atoms with Crippen LogP contribution in [0.3, 0.4) is 0 Å². The molecule has 194 valence electrons. The lowest BCUT2D eigenvalue weighted by Gasteiger charge is -2.09. The van der Waals surface area contributed by atoms with E-state index in [1.807, 2.05) is 24.3 Å². The number of H-pyrrole nitrogens is 2. The summed E-state index contributed by atoms with van der Waals surface area (Å²) in [6.07, 6.45) is 3.47. The summed E-state index contributed by atoms with van der Waals surface area (Å²) < 4.78 is 42.0. The van der Waals surface area contributed by atoms with Gasteiger partial charge in [-0.3, -0.25) is 9.78 Å². The Bertz CT molecular complexity index is 2000. The number of benzene rings is 1. The number of hydrogen-bond donors (Lipinski definition) is 2. The fourth-order valence-electron chi connectivity index (χ4n) is 4.98. The zero-order valence-electron chi connectivity index (χ0n) is 19.8. The van der Waals surface area contributed by atoms with E-state index in [2.05, 4.69) is 30.1 Å². The summed E-state index contributed by atoms with van der Waals surface area (Å²) in [5.74, 6) is 0.519. The molecule has 1 aromatic carbocycles. The van der Waals surface area contributed by atoms with E-state index < -0.39 is 23.0 Å². The van der Waals surface area contributed by atoms with E-state index >= 15 is 0 Å². The summed E-state index contributed by atoms with van der Waals surface area (Å²) in [4.78, 5) is 37.0. The Hall–Kier alpha value is -5.07. The van der Waals surface area contributed by atoms with Crippen molar-refractivity contribution in [3.8, 4) is 17.1 Å². The largest absolute Gasteiger partial charge is 0.417 e. The molecule has 1 saturated carbocycles. The van der Waals surface area contributed by atoms with Crippen molar-refractivity contribution >= 4 is 16.6 Å². The monoisotopic (exact) mass is 530 g/mol. The molecule has 10 nitrogen and oxygen atoms in total. The van der Waals surface area contributed by atoms with Gasteiger partial charge in [-0.15, -0.1) is 0 Å². The first-order chi connectivity index (χ1) is 18.8. The fourth-order valence-corrected chi connectivity index (χ4v) is 4.98. The van der Waals surface area contributed by atoms with Gasteiger partial charge in [0, 0.05) is 35.7 Å². The third-order valence-corrected chi connectivity index (χ3v) is 6.99. The van der Waals surface area contributed by atoms with Gasteiger partial charge >= 0.3 is 11.9 Å². The third kappa shape index (κ3) is 3.90. The normalized spacial score (nSPS) is 17.2. The van der Waals surface area contributed by atoms with Gasteiger partial charge in [-0.05, 0) is 48.1 Å². The summed E-state index contributed by atoms with van der Waals surface area (Å²) in [7, 11) is 0. The molecular formula is C26H17F3N8O2. The van der Waals surface area contributed by atoms with E-state index in [0.29, 0.717) is 11.3 Å². The Balaban J connectivity index is 1.25. The van der Waals surface area contributed by atoms with Crippen molar-refractivity contribution in [1.82, 2.24) is 39.3 Å². The van der Waals surface area contributed by atoms with Crippen molar-refractivity contribution in [1.29, 1.82) is 0 Å². The predicted octanol–water partition coefficient (Wildman–Crippen LogP) is 3.80. The lowest BCUT2D eigenvalue weighted by Crippen LogP contribution is -2.23. The molecule has 6 aromatic rings. The second-order valence-corrected chi connectivity index (χ2v) is 9.39. The van der Waals surface area contributed by atoms with Crippen LogP contribution >= 0.6 is 0 Å². The van der Waals surface area contributed by atoms with Crippen molar-refractivity contribution in [3.63, 3.8) is 0 Å². The number of alkyl halides is 3.